The maximum absolute atomic E-state index is 13.1. The summed E-state index contributed by atoms with van der Waals surface area (Å²) < 4.78 is 5.57. The molecule has 1 saturated carbocycles. The van der Waals surface area contributed by atoms with Crippen LogP contribution >= 0.6 is 0 Å². The third-order valence-corrected chi connectivity index (χ3v) is 7.74. The number of hydrogen-bond donors (Lipinski definition) is 1. The van der Waals surface area contributed by atoms with E-state index in [1.54, 1.807) is 6.20 Å². The van der Waals surface area contributed by atoms with Crippen LogP contribution in [0.1, 0.15) is 48.0 Å². The van der Waals surface area contributed by atoms with Crippen molar-refractivity contribution < 1.29 is 9.53 Å². The van der Waals surface area contributed by atoms with Gasteiger partial charge in [0.05, 0.1) is 30.8 Å². The second-order valence-electron chi connectivity index (χ2n) is 10.2. The predicted molar refractivity (Wildman–Crippen MR) is 144 cm³/mol. The van der Waals surface area contributed by atoms with E-state index >= 15 is 0 Å². The van der Waals surface area contributed by atoms with Crippen molar-refractivity contribution in [3.05, 3.63) is 59.9 Å². The van der Waals surface area contributed by atoms with Gasteiger partial charge in [0, 0.05) is 49.1 Å². The summed E-state index contributed by atoms with van der Waals surface area (Å²) in [5.74, 6) is 2.22. The van der Waals surface area contributed by atoms with E-state index in [4.69, 9.17) is 14.7 Å². The van der Waals surface area contributed by atoms with Gasteiger partial charge in [-0.2, -0.15) is 4.98 Å². The molecule has 1 amide bonds. The van der Waals surface area contributed by atoms with Gasteiger partial charge < -0.3 is 19.9 Å². The molecule has 3 aliphatic rings. The van der Waals surface area contributed by atoms with Gasteiger partial charge in [-0.3, -0.25) is 9.78 Å². The summed E-state index contributed by atoms with van der Waals surface area (Å²) in [5.41, 5.74) is 4.66. The first-order valence-electron chi connectivity index (χ1n) is 13.6. The van der Waals surface area contributed by atoms with E-state index in [1.165, 1.54) is 32.1 Å². The van der Waals surface area contributed by atoms with Crippen LogP contribution in [0.3, 0.4) is 0 Å². The number of pyridine rings is 1. The number of amides is 1. The van der Waals surface area contributed by atoms with Crippen molar-refractivity contribution in [2.24, 2.45) is 5.92 Å². The first-order valence-corrected chi connectivity index (χ1v) is 13.6. The third kappa shape index (κ3) is 5.16. The standard InChI is InChI=1S/C29H34N6O2/c36-28(31-19-21-6-2-1-3-7-21)23-9-4-8-22(18-23)26-25-11-13-35(24-10-5-12-30-20-24)27(25)33-29(32-26)34-14-16-37-17-15-34/h4-5,8-10,12,18,20-21H,1-3,6-7,11,13-17,19H2,(H,31,36). The molecule has 0 bridgehead atoms. The number of anilines is 3. The minimum absolute atomic E-state index is 0.0106. The Morgan fingerprint density at radius 2 is 1.89 bits per heavy atom. The lowest BCUT2D eigenvalue weighted by atomic mass is 9.89. The third-order valence-electron chi connectivity index (χ3n) is 7.74. The number of aromatic nitrogens is 3. The van der Waals surface area contributed by atoms with Crippen LogP contribution in [0.4, 0.5) is 17.5 Å². The summed E-state index contributed by atoms with van der Waals surface area (Å²) in [6.07, 6.45) is 10.8. The number of rotatable bonds is 6. The molecule has 8 heteroatoms. The first-order chi connectivity index (χ1) is 18.3. The molecule has 3 aromatic rings. The van der Waals surface area contributed by atoms with E-state index < -0.39 is 0 Å². The molecule has 0 unspecified atom stereocenters. The molecule has 2 aromatic heterocycles. The Labute approximate surface area is 218 Å². The SMILES string of the molecule is O=C(NCC1CCCCC1)c1cccc(-c2nc(N3CCOCC3)nc3c2CCN3c2cccnc2)c1. The van der Waals surface area contributed by atoms with Crippen LogP contribution in [0.2, 0.25) is 0 Å². The molecular weight excluding hydrogens is 464 g/mol. The number of nitrogens with one attached hydrogen (secondary N) is 1. The van der Waals surface area contributed by atoms with Crippen LogP contribution in [0.5, 0.6) is 0 Å². The van der Waals surface area contributed by atoms with Crippen molar-refractivity contribution >= 4 is 23.4 Å². The van der Waals surface area contributed by atoms with Gasteiger partial charge in [-0.05, 0) is 49.4 Å². The number of carbonyl (C=O) groups excluding carboxylic acids is 1. The largest absolute Gasteiger partial charge is 0.378 e. The summed E-state index contributed by atoms with van der Waals surface area (Å²) in [6.45, 7) is 4.42. The van der Waals surface area contributed by atoms with Crippen molar-refractivity contribution in [2.45, 2.75) is 38.5 Å². The van der Waals surface area contributed by atoms with Gasteiger partial charge in [-0.25, -0.2) is 4.98 Å². The predicted octanol–water partition coefficient (Wildman–Crippen LogP) is 4.38. The van der Waals surface area contributed by atoms with E-state index in [0.717, 1.165) is 60.9 Å². The number of fused-ring (bicyclic) bond motifs is 1. The number of benzene rings is 1. The number of ether oxygens (including phenoxy) is 1. The molecule has 37 heavy (non-hydrogen) atoms. The lowest BCUT2D eigenvalue weighted by Crippen LogP contribution is -2.37. The molecule has 6 rings (SSSR count). The Morgan fingerprint density at radius 1 is 1.03 bits per heavy atom. The van der Waals surface area contributed by atoms with Crippen molar-refractivity contribution in [3.8, 4) is 11.3 Å². The molecule has 0 atom stereocenters. The van der Waals surface area contributed by atoms with E-state index in [-0.39, 0.29) is 5.91 Å². The summed E-state index contributed by atoms with van der Waals surface area (Å²) in [5, 5.41) is 3.18. The molecule has 1 aliphatic carbocycles. The summed E-state index contributed by atoms with van der Waals surface area (Å²) >= 11 is 0. The fourth-order valence-corrected chi connectivity index (χ4v) is 5.69. The van der Waals surface area contributed by atoms with Crippen LogP contribution < -0.4 is 15.1 Å². The zero-order chi connectivity index (χ0) is 25.0. The van der Waals surface area contributed by atoms with Gasteiger partial charge >= 0.3 is 0 Å². The maximum Gasteiger partial charge on any atom is 0.251 e. The molecule has 0 spiro atoms. The Kier molecular flexibility index (Phi) is 6.99. The summed E-state index contributed by atoms with van der Waals surface area (Å²) in [4.78, 5) is 31.9. The molecule has 1 saturated heterocycles. The van der Waals surface area contributed by atoms with Crippen molar-refractivity contribution in [1.82, 2.24) is 20.3 Å². The van der Waals surface area contributed by atoms with Gasteiger partial charge in [0.15, 0.2) is 0 Å². The van der Waals surface area contributed by atoms with E-state index in [9.17, 15) is 4.79 Å². The van der Waals surface area contributed by atoms with Crippen LogP contribution in [0.25, 0.3) is 11.3 Å². The quantitative estimate of drug-likeness (QED) is 0.540. The highest BCUT2D eigenvalue weighted by Crippen LogP contribution is 2.39. The molecule has 8 nitrogen and oxygen atoms in total. The Hall–Kier alpha value is -3.52. The molecule has 192 valence electrons. The van der Waals surface area contributed by atoms with Gasteiger partial charge in [-0.1, -0.05) is 31.4 Å². The van der Waals surface area contributed by atoms with Gasteiger partial charge in [0.2, 0.25) is 5.95 Å². The number of morpholine rings is 1. The highest BCUT2D eigenvalue weighted by Gasteiger charge is 2.29. The van der Waals surface area contributed by atoms with E-state index in [1.807, 2.05) is 30.5 Å². The molecule has 1 N–H and O–H groups in total. The van der Waals surface area contributed by atoms with Crippen LogP contribution in [0, 0.1) is 5.92 Å². The van der Waals surface area contributed by atoms with Crippen molar-refractivity contribution in [2.75, 3.05) is 49.2 Å². The first kappa shape index (κ1) is 23.9. The van der Waals surface area contributed by atoms with Crippen LogP contribution in [-0.4, -0.2) is 60.3 Å². The van der Waals surface area contributed by atoms with Crippen LogP contribution in [0.15, 0.2) is 48.8 Å². The fraction of sp³-hybridized carbons (Fsp3) is 0.448. The van der Waals surface area contributed by atoms with Crippen molar-refractivity contribution in [1.29, 1.82) is 0 Å². The lowest BCUT2D eigenvalue weighted by Gasteiger charge is -2.28. The monoisotopic (exact) mass is 498 g/mol. The zero-order valence-corrected chi connectivity index (χ0v) is 21.2. The topological polar surface area (TPSA) is 83.5 Å². The summed E-state index contributed by atoms with van der Waals surface area (Å²) in [7, 11) is 0. The molecular formula is C29H34N6O2. The zero-order valence-electron chi connectivity index (χ0n) is 21.2. The van der Waals surface area contributed by atoms with E-state index in [2.05, 4.69) is 32.2 Å². The normalized spacial score (nSPS) is 18.1. The van der Waals surface area contributed by atoms with Gasteiger partial charge in [0.25, 0.3) is 5.91 Å². The Balaban J connectivity index is 1.33. The Bertz CT molecular complexity index is 1240. The van der Waals surface area contributed by atoms with Crippen molar-refractivity contribution in [3.63, 3.8) is 0 Å². The second-order valence-corrected chi connectivity index (χ2v) is 10.2. The number of nitrogens with zero attached hydrogens (tertiary/aromatic N) is 5. The minimum atomic E-state index is -0.0106. The highest BCUT2D eigenvalue weighted by atomic mass is 16.5. The van der Waals surface area contributed by atoms with E-state index in [0.29, 0.717) is 30.6 Å². The van der Waals surface area contributed by atoms with Gasteiger partial charge in [-0.15, -0.1) is 0 Å². The molecule has 2 fully saturated rings. The lowest BCUT2D eigenvalue weighted by molar-refractivity contribution is 0.0943. The second kappa shape index (κ2) is 10.8. The van der Waals surface area contributed by atoms with Crippen LogP contribution in [-0.2, 0) is 11.2 Å². The summed E-state index contributed by atoms with van der Waals surface area (Å²) in [6, 6.07) is 11.9. The maximum atomic E-state index is 13.1. The fourth-order valence-electron chi connectivity index (χ4n) is 5.69. The minimum Gasteiger partial charge on any atom is -0.378 e. The molecule has 1 aromatic carbocycles. The average molecular weight is 499 g/mol. The molecule has 4 heterocycles. The highest BCUT2D eigenvalue weighted by molar-refractivity contribution is 5.95. The smallest absolute Gasteiger partial charge is 0.251 e. The molecule has 2 aliphatic heterocycles. The number of carbonyl (C=O) groups is 1. The Morgan fingerprint density at radius 3 is 2.70 bits per heavy atom. The average Bonchev–Trinajstić information content (AvgIpc) is 3.41. The number of hydrogen-bond acceptors (Lipinski definition) is 7. The molecule has 0 radical (unpaired) electrons. The van der Waals surface area contributed by atoms with Gasteiger partial charge in [0.1, 0.15) is 5.82 Å².